The zero-order chi connectivity index (χ0) is 12.0. The van der Waals surface area contributed by atoms with Crippen LogP contribution in [0.3, 0.4) is 0 Å². The third-order valence-electron chi connectivity index (χ3n) is 1.71. The first-order chi connectivity index (χ1) is 6.84. The summed E-state index contributed by atoms with van der Waals surface area (Å²) in [6.45, 7) is 1.43. The minimum absolute atomic E-state index is 0. The molecule has 0 aliphatic heterocycles. The van der Waals surface area contributed by atoms with Crippen LogP contribution in [0.1, 0.15) is 19.8 Å². The number of rotatable bonds is 6. The van der Waals surface area contributed by atoms with Crippen LogP contribution < -0.4 is 16.8 Å². The Bertz CT molecular complexity index is 266. The minimum Gasteiger partial charge on any atom is -0.480 e. The smallest absolute Gasteiger partial charge is 0.326 e. The second-order valence-electron chi connectivity index (χ2n) is 3.19. The first-order valence-corrected chi connectivity index (χ1v) is 4.41. The van der Waals surface area contributed by atoms with Gasteiger partial charge in [-0.05, 0) is 13.3 Å². The van der Waals surface area contributed by atoms with Crippen molar-refractivity contribution < 1.29 is 25.0 Å². The number of amides is 2. The van der Waals surface area contributed by atoms with E-state index in [1.54, 1.807) is 0 Å². The molecule has 0 spiro atoms. The molecule has 2 amide bonds. The summed E-state index contributed by atoms with van der Waals surface area (Å²) >= 11 is 0. The highest BCUT2D eigenvalue weighted by atomic mass is 16.4. The molecule has 0 aromatic heterocycles. The molecule has 0 fully saturated rings. The van der Waals surface area contributed by atoms with Crippen molar-refractivity contribution in [3.63, 3.8) is 0 Å². The Morgan fingerprint density at radius 3 is 2.19 bits per heavy atom. The Hall–Kier alpha value is -1.67. The number of carbonyl (C=O) groups excluding carboxylic acids is 2. The van der Waals surface area contributed by atoms with E-state index in [2.05, 4.69) is 5.32 Å². The van der Waals surface area contributed by atoms with Gasteiger partial charge in [0.25, 0.3) is 0 Å². The molecule has 0 saturated heterocycles. The first kappa shape index (κ1) is 16.7. The van der Waals surface area contributed by atoms with E-state index in [4.69, 9.17) is 16.6 Å². The van der Waals surface area contributed by atoms with Crippen molar-refractivity contribution in [1.29, 1.82) is 0 Å². The van der Waals surface area contributed by atoms with E-state index in [9.17, 15) is 14.4 Å². The van der Waals surface area contributed by atoms with Gasteiger partial charge in [0.05, 0.1) is 6.04 Å². The van der Waals surface area contributed by atoms with Crippen LogP contribution in [0, 0.1) is 0 Å². The Labute approximate surface area is 92.3 Å². The van der Waals surface area contributed by atoms with E-state index in [1.165, 1.54) is 6.92 Å². The Morgan fingerprint density at radius 1 is 1.38 bits per heavy atom. The fourth-order valence-electron chi connectivity index (χ4n) is 0.847. The molecule has 0 aromatic carbocycles. The number of nitrogens with one attached hydrogen (secondary N) is 1. The number of hydrogen-bond acceptors (Lipinski definition) is 4. The zero-order valence-corrected chi connectivity index (χ0v) is 8.90. The highest BCUT2D eigenvalue weighted by Gasteiger charge is 2.21. The average molecular weight is 235 g/mol. The molecular weight excluding hydrogens is 218 g/mol. The van der Waals surface area contributed by atoms with Crippen molar-refractivity contribution in [3.8, 4) is 0 Å². The second-order valence-corrected chi connectivity index (χ2v) is 3.19. The number of carboxylic acids is 1. The number of aliphatic carboxylic acids is 1. The van der Waals surface area contributed by atoms with E-state index in [-0.39, 0.29) is 18.3 Å². The van der Waals surface area contributed by atoms with Gasteiger partial charge in [0, 0.05) is 6.42 Å². The van der Waals surface area contributed by atoms with Crippen LogP contribution in [0.2, 0.25) is 0 Å². The van der Waals surface area contributed by atoms with E-state index in [0.29, 0.717) is 0 Å². The number of nitrogens with two attached hydrogens (primary N) is 2. The molecule has 16 heavy (non-hydrogen) atoms. The highest BCUT2D eigenvalue weighted by molar-refractivity contribution is 5.86. The maximum Gasteiger partial charge on any atom is 0.326 e. The Morgan fingerprint density at radius 2 is 1.88 bits per heavy atom. The third-order valence-corrected chi connectivity index (χ3v) is 1.71. The standard InChI is InChI=1S/C8H15N3O4.H2O/c1-4(9)7(13)11-5(8(14)15)2-3-6(10)12;/h4-5H,2-3,9H2,1H3,(H2,10,12)(H,11,13)(H,14,15);1H2. The van der Waals surface area contributed by atoms with Crippen LogP contribution in [0.5, 0.6) is 0 Å². The number of primary amides is 1. The van der Waals surface area contributed by atoms with Gasteiger partial charge in [0.15, 0.2) is 0 Å². The fraction of sp³-hybridized carbons (Fsp3) is 0.625. The van der Waals surface area contributed by atoms with Crippen molar-refractivity contribution in [2.24, 2.45) is 11.5 Å². The lowest BCUT2D eigenvalue weighted by molar-refractivity contribution is -0.142. The molecule has 2 atom stereocenters. The lowest BCUT2D eigenvalue weighted by Crippen LogP contribution is -2.47. The van der Waals surface area contributed by atoms with E-state index in [1.807, 2.05) is 0 Å². The molecule has 94 valence electrons. The maximum atomic E-state index is 11.1. The van der Waals surface area contributed by atoms with Gasteiger partial charge in [-0.2, -0.15) is 0 Å². The topological polar surface area (TPSA) is 167 Å². The van der Waals surface area contributed by atoms with Gasteiger partial charge < -0.3 is 27.4 Å². The summed E-state index contributed by atoms with van der Waals surface area (Å²) in [5.41, 5.74) is 10.1. The summed E-state index contributed by atoms with van der Waals surface area (Å²) in [6, 6.07) is -1.92. The third kappa shape index (κ3) is 6.74. The Kier molecular flexibility index (Phi) is 7.96. The number of hydrogen-bond donors (Lipinski definition) is 4. The zero-order valence-electron chi connectivity index (χ0n) is 8.90. The largest absolute Gasteiger partial charge is 0.480 e. The lowest BCUT2D eigenvalue weighted by Gasteiger charge is -2.14. The van der Waals surface area contributed by atoms with Crippen LogP contribution >= 0.6 is 0 Å². The van der Waals surface area contributed by atoms with Gasteiger partial charge in [-0.25, -0.2) is 4.79 Å². The maximum absolute atomic E-state index is 11.1. The average Bonchev–Trinajstić information content (AvgIpc) is 2.10. The van der Waals surface area contributed by atoms with Gasteiger partial charge >= 0.3 is 5.97 Å². The van der Waals surface area contributed by atoms with Gasteiger partial charge in [0.2, 0.25) is 11.8 Å². The molecule has 0 radical (unpaired) electrons. The van der Waals surface area contributed by atoms with Crippen LogP contribution in [-0.2, 0) is 14.4 Å². The molecular formula is C8H17N3O5. The molecule has 0 aromatic rings. The monoisotopic (exact) mass is 235 g/mol. The normalized spacial score (nSPS) is 13.1. The molecule has 8 heteroatoms. The number of carboxylic acid groups (broad SMARTS) is 1. The van der Waals surface area contributed by atoms with Crippen molar-refractivity contribution in [2.45, 2.75) is 31.8 Å². The molecule has 8 N–H and O–H groups in total. The lowest BCUT2D eigenvalue weighted by atomic mass is 10.1. The van der Waals surface area contributed by atoms with Gasteiger partial charge in [-0.15, -0.1) is 0 Å². The van der Waals surface area contributed by atoms with E-state index >= 15 is 0 Å². The first-order valence-electron chi connectivity index (χ1n) is 4.41. The molecule has 0 heterocycles. The molecule has 0 aliphatic carbocycles. The van der Waals surface area contributed by atoms with Crippen LogP contribution in [0.4, 0.5) is 0 Å². The number of carbonyl (C=O) groups is 3. The molecule has 0 saturated carbocycles. The minimum atomic E-state index is -1.22. The fourth-order valence-corrected chi connectivity index (χ4v) is 0.847. The predicted octanol–water partition coefficient (Wildman–Crippen LogP) is -2.66. The van der Waals surface area contributed by atoms with Gasteiger partial charge in [0.1, 0.15) is 6.04 Å². The van der Waals surface area contributed by atoms with E-state index in [0.717, 1.165) is 0 Å². The summed E-state index contributed by atoms with van der Waals surface area (Å²) in [5, 5.41) is 10.9. The molecule has 2 unspecified atom stereocenters. The quantitative estimate of drug-likeness (QED) is 0.393. The summed E-state index contributed by atoms with van der Waals surface area (Å²) in [5.74, 6) is -2.41. The van der Waals surface area contributed by atoms with Crippen LogP contribution in [0.25, 0.3) is 0 Å². The van der Waals surface area contributed by atoms with Crippen molar-refractivity contribution >= 4 is 17.8 Å². The molecule has 0 bridgehead atoms. The molecule has 0 aliphatic rings. The van der Waals surface area contributed by atoms with E-state index < -0.39 is 29.9 Å². The second kappa shape index (κ2) is 7.60. The highest BCUT2D eigenvalue weighted by Crippen LogP contribution is 1.97. The molecule has 0 rings (SSSR count). The van der Waals surface area contributed by atoms with Crippen molar-refractivity contribution in [2.75, 3.05) is 0 Å². The van der Waals surface area contributed by atoms with Gasteiger partial charge in [-0.3, -0.25) is 9.59 Å². The SMILES string of the molecule is CC(N)C(=O)NC(CCC(N)=O)C(=O)O.O. The van der Waals surface area contributed by atoms with Crippen LogP contribution in [0.15, 0.2) is 0 Å². The Balaban J connectivity index is 0. The summed E-state index contributed by atoms with van der Waals surface area (Å²) < 4.78 is 0. The summed E-state index contributed by atoms with van der Waals surface area (Å²) in [7, 11) is 0. The summed E-state index contributed by atoms with van der Waals surface area (Å²) in [4.78, 5) is 32.2. The van der Waals surface area contributed by atoms with Crippen molar-refractivity contribution in [1.82, 2.24) is 5.32 Å². The summed E-state index contributed by atoms with van der Waals surface area (Å²) in [6.07, 6.45) is -0.140. The molecule has 8 nitrogen and oxygen atoms in total. The van der Waals surface area contributed by atoms with Gasteiger partial charge in [-0.1, -0.05) is 0 Å². The predicted molar refractivity (Wildman–Crippen MR) is 55.3 cm³/mol. The van der Waals surface area contributed by atoms with Crippen LogP contribution in [-0.4, -0.2) is 40.5 Å². The van der Waals surface area contributed by atoms with Crippen molar-refractivity contribution in [3.05, 3.63) is 0 Å².